The van der Waals surface area contributed by atoms with Gasteiger partial charge in [-0.15, -0.1) is 11.6 Å². The summed E-state index contributed by atoms with van der Waals surface area (Å²) in [4.78, 5) is 0. The van der Waals surface area contributed by atoms with Gasteiger partial charge in [0.1, 0.15) is 0 Å². The van der Waals surface area contributed by atoms with Crippen molar-refractivity contribution in [3.05, 3.63) is 34.9 Å². The van der Waals surface area contributed by atoms with Crippen LogP contribution in [0.1, 0.15) is 29.0 Å². The molecule has 1 aliphatic carbocycles. The summed E-state index contributed by atoms with van der Waals surface area (Å²) in [6.07, 6.45) is 2.45. The molecule has 0 radical (unpaired) electrons. The normalized spacial score (nSPS) is 21.0. The van der Waals surface area contributed by atoms with Gasteiger partial charge in [-0.3, -0.25) is 0 Å². The second-order valence-corrected chi connectivity index (χ2v) is 3.90. The average Bonchev–Trinajstić information content (AvgIpc) is 2.46. The predicted molar refractivity (Wildman–Crippen MR) is 53.0 cm³/mol. The van der Waals surface area contributed by atoms with Gasteiger partial charge < -0.3 is 0 Å². The Balaban J connectivity index is 2.42. The highest BCUT2D eigenvalue weighted by atomic mass is 35.5. The predicted octanol–water partition coefficient (Wildman–Crippen LogP) is 3.26. The van der Waals surface area contributed by atoms with E-state index in [2.05, 4.69) is 25.1 Å². The van der Waals surface area contributed by atoms with Crippen molar-refractivity contribution in [3.8, 4) is 0 Å². The second kappa shape index (κ2) is 3.10. The van der Waals surface area contributed by atoms with E-state index in [0.717, 1.165) is 5.88 Å². The van der Waals surface area contributed by atoms with Crippen molar-refractivity contribution >= 4 is 11.6 Å². The van der Waals surface area contributed by atoms with Crippen LogP contribution >= 0.6 is 11.6 Å². The molecule has 0 spiro atoms. The summed E-state index contributed by atoms with van der Waals surface area (Å²) in [6, 6.07) is 6.72. The smallest absolute Gasteiger partial charge is 0.0292 e. The zero-order chi connectivity index (χ0) is 8.55. The molecule has 0 N–H and O–H groups in total. The molecule has 0 saturated heterocycles. The maximum absolute atomic E-state index is 5.89. The molecule has 0 fully saturated rings. The van der Waals surface area contributed by atoms with Crippen LogP contribution < -0.4 is 0 Å². The fourth-order valence-electron chi connectivity index (χ4n) is 1.97. The molecular formula is C11H13Cl. The summed E-state index contributed by atoms with van der Waals surface area (Å²) in [5.41, 5.74) is 4.35. The highest BCUT2D eigenvalue weighted by Crippen LogP contribution is 2.34. The van der Waals surface area contributed by atoms with Crippen LogP contribution in [0.5, 0.6) is 0 Å². The minimum atomic E-state index is 0.613. The Bertz CT molecular complexity index is 291. The Morgan fingerprint density at radius 2 is 2.33 bits per heavy atom. The standard InChI is InChI=1S/C11H13Cl/c1-8-2-3-9-4-5-10(7-12)11(9)6-8/h2-3,6,10H,4-5,7H2,1H3. The lowest BCUT2D eigenvalue weighted by molar-refractivity contribution is 0.753. The number of hydrogen-bond donors (Lipinski definition) is 0. The van der Waals surface area contributed by atoms with Gasteiger partial charge in [-0.1, -0.05) is 23.8 Å². The van der Waals surface area contributed by atoms with Crippen molar-refractivity contribution in [1.82, 2.24) is 0 Å². The number of rotatable bonds is 1. The second-order valence-electron chi connectivity index (χ2n) is 3.59. The molecule has 0 saturated carbocycles. The molecule has 12 heavy (non-hydrogen) atoms. The number of fused-ring (bicyclic) bond motifs is 1. The van der Waals surface area contributed by atoms with Crippen LogP contribution in [0.2, 0.25) is 0 Å². The van der Waals surface area contributed by atoms with Gasteiger partial charge >= 0.3 is 0 Å². The summed E-state index contributed by atoms with van der Waals surface area (Å²) in [5, 5.41) is 0. The van der Waals surface area contributed by atoms with Crippen molar-refractivity contribution in [2.45, 2.75) is 25.7 Å². The minimum absolute atomic E-state index is 0.613. The van der Waals surface area contributed by atoms with Crippen LogP contribution in [-0.2, 0) is 6.42 Å². The van der Waals surface area contributed by atoms with E-state index in [-0.39, 0.29) is 0 Å². The monoisotopic (exact) mass is 180 g/mol. The van der Waals surface area contributed by atoms with Gasteiger partial charge in [0.2, 0.25) is 0 Å². The zero-order valence-electron chi connectivity index (χ0n) is 7.31. The molecule has 0 aliphatic heterocycles. The molecule has 1 aliphatic rings. The van der Waals surface area contributed by atoms with Crippen molar-refractivity contribution in [2.75, 3.05) is 5.88 Å². The van der Waals surface area contributed by atoms with Gasteiger partial charge in [0.05, 0.1) is 0 Å². The molecule has 1 aromatic rings. The number of aryl methyl sites for hydroxylation is 2. The van der Waals surface area contributed by atoms with Gasteiger partial charge in [0.25, 0.3) is 0 Å². The molecule has 64 valence electrons. The van der Waals surface area contributed by atoms with E-state index in [0.29, 0.717) is 5.92 Å². The Labute approximate surface area is 78.6 Å². The first kappa shape index (κ1) is 8.12. The van der Waals surface area contributed by atoms with Crippen LogP contribution in [-0.4, -0.2) is 5.88 Å². The molecule has 1 heteroatoms. The third-order valence-corrected chi connectivity index (χ3v) is 3.06. The molecule has 2 rings (SSSR count). The Morgan fingerprint density at radius 1 is 1.50 bits per heavy atom. The quantitative estimate of drug-likeness (QED) is 0.582. The maximum atomic E-state index is 5.89. The van der Waals surface area contributed by atoms with Crippen molar-refractivity contribution in [3.63, 3.8) is 0 Å². The van der Waals surface area contributed by atoms with E-state index in [1.807, 2.05) is 0 Å². The molecule has 0 bridgehead atoms. The van der Waals surface area contributed by atoms with Crippen LogP contribution in [0.15, 0.2) is 18.2 Å². The largest absolute Gasteiger partial charge is 0.126 e. The van der Waals surface area contributed by atoms with Gasteiger partial charge in [-0.05, 0) is 36.8 Å². The van der Waals surface area contributed by atoms with Gasteiger partial charge in [0.15, 0.2) is 0 Å². The molecule has 1 unspecified atom stereocenters. The van der Waals surface area contributed by atoms with E-state index >= 15 is 0 Å². The molecule has 0 amide bonds. The van der Waals surface area contributed by atoms with Gasteiger partial charge in [-0.2, -0.15) is 0 Å². The fraction of sp³-hybridized carbons (Fsp3) is 0.455. The Morgan fingerprint density at radius 3 is 3.08 bits per heavy atom. The van der Waals surface area contributed by atoms with Crippen molar-refractivity contribution < 1.29 is 0 Å². The third kappa shape index (κ3) is 1.25. The van der Waals surface area contributed by atoms with Crippen molar-refractivity contribution in [2.24, 2.45) is 0 Å². The first-order chi connectivity index (χ1) is 5.81. The molecule has 0 aromatic heterocycles. The SMILES string of the molecule is Cc1ccc2c(c1)C(CCl)CC2. The molecular weight excluding hydrogens is 168 g/mol. The lowest BCUT2D eigenvalue weighted by Crippen LogP contribution is -1.94. The summed E-state index contributed by atoms with van der Waals surface area (Å²) in [7, 11) is 0. The van der Waals surface area contributed by atoms with Crippen LogP contribution in [0.3, 0.4) is 0 Å². The van der Waals surface area contributed by atoms with Gasteiger partial charge in [0, 0.05) is 5.88 Å². The first-order valence-corrected chi connectivity index (χ1v) is 5.00. The van der Waals surface area contributed by atoms with E-state index in [9.17, 15) is 0 Å². The summed E-state index contributed by atoms with van der Waals surface area (Å²) < 4.78 is 0. The van der Waals surface area contributed by atoms with Gasteiger partial charge in [-0.25, -0.2) is 0 Å². The fourth-order valence-corrected chi connectivity index (χ4v) is 2.29. The van der Waals surface area contributed by atoms with Crippen LogP contribution in [0, 0.1) is 6.92 Å². The highest BCUT2D eigenvalue weighted by molar-refractivity contribution is 6.18. The van der Waals surface area contributed by atoms with Crippen LogP contribution in [0.4, 0.5) is 0 Å². The van der Waals surface area contributed by atoms with Crippen LogP contribution in [0.25, 0.3) is 0 Å². The van der Waals surface area contributed by atoms with Crippen molar-refractivity contribution in [1.29, 1.82) is 0 Å². The number of alkyl halides is 1. The van der Waals surface area contributed by atoms with E-state index < -0.39 is 0 Å². The molecule has 0 heterocycles. The highest BCUT2D eigenvalue weighted by Gasteiger charge is 2.20. The summed E-state index contributed by atoms with van der Waals surface area (Å²) >= 11 is 5.89. The number of hydrogen-bond acceptors (Lipinski definition) is 0. The topological polar surface area (TPSA) is 0 Å². The maximum Gasteiger partial charge on any atom is 0.0292 e. The number of halogens is 1. The van der Waals surface area contributed by atoms with E-state index in [1.54, 1.807) is 0 Å². The molecule has 0 nitrogen and oxygen atoms in total. The zero-order valence-corrected chi connectivity index (χ0v) is 8.06. The Kier molecular flexibility index (Phi) is 2.10. The molecule has 1 aromatic carbocycles. The van der Waals surface area contributed by atoms with E-state index in [1.165, 1.54) is 29.5 Å². The first-order valence-electron chi connectivity index (χ1n) is 4.46. The average molecular weight is 181 g/mol. The summed E-state index contributed by atoms with van der Waals surface area (Å²) in [5.74, 6) is 1.39. The molecule has 1 atom stereocenters. The van der Waals surface area contributed by atoms with E-state index in [4.69, 9.17) is 11.6 Å². The lowest BCUT2D eigenvalue weighted by Gasteiger charge is -2.07. The minimum Gasteiger partial charge on any atom is -0.126 e. The third-order valence-electron chi connectivity index (χ3n) is 2.69. The summed E-state index contributed by atoms with van der Waals surface area (Å²) in [6.45, 7) is 2.14. The Hall–Kier alpha value is -0.490. The number of benzene rings is 1. The lowest BCUT2D eigenvalue weighted by atomic mass is 10.0.